The van der Waals surface area contributed by atoms with E-state index in [-0.39, 0.29) is 0 Å². The van der Waals surface area contributed by atoms with Crippen molar-refractivity contribution >= 4 is 13.6 Å². The Balaban J connectivity index is 0.000000261. The van der Waals surface area contributed by atoms with Crippen molar-refractivity contribution in [3.8, 4) is 0 Å². The predicted molar refractivity (Wildman–Crippen MR) is 43.4 cm³/mol. The maximum atomic E-state index is 9.67. The molecule has 0 aliphatic carbocycles. The quantitative estimate of drug-likeness (QED) is 0.594. The SMILES string of the molecule is C=Cc1ccncc1.FB(F)F. The van der Waals surface area contributed by atoms with Crippen molar-refractivity contribution in [2.24, 2.45) is 0 Å². The number of hydrogen-bond donors (Lipinski definition) is 0. The van der Waals surface area contributed by atoms with Gasteiger partial charge in [0.05, 0.1) is 0 Å². The topological polar surface area (TPSA) is 12.9 Å². The highest BCUT2D eigenvalue weighted by molar-refractivity contribution is 6.33. The largest absolute Gasteiger partial charge is 0.762 e. The van der Waals surface area contributed by atoms with Crippen molar-refractivity contribution in [1.82, 2.24) is 4.98 Å². The Bertz CT molecular complexity index is 212. The average Bonchev–Trinajstić information content (AvgIpc) is 2.05. The lowest BCUT2D eigenvalue weighted by Crippen LogP contribution is -1.76. The molecule has 0 unspecified atom stereocenters. The van der Waals surface area contributed by atoms with Gasteiger partial charge in [0.25, 0.3) is 0 Å². The van der Waals surface area contributed by atoms with E-state index in [1.165, 1.54) is 0 Å². The van der Waals surface area contributed by atoms with Gasteiger partial charge < -0.3 is 0 Å². The van der Waals surface area contributed by atoms with Gasteiger partial charge in [-0.25, -0.2) is 0 Å². The molecule has 0 N–H and O–H groups in total. The van der Waals surface area contributed by atoms with Crippen LogP contribution in [0.1, 0.15) is 5.56 Å². The average molecular weight is 173 g/mol. The fourth-order valence-corrected chi connectivity index (χ4v) is 0.500. The van der Waals surface area contributed by atoms with Gasteiger partial charge in [-0.1, -0.05) is 12.7 Å². The molecule has 0 spiro atoms. The van der Waals surface area contributed by atoms with Crippen molar-refractivity contribution in [1.29, 1.82) is 0 Å². The van der Waals surface area contributed by atoms with E-state index in [9.17, 15) is 12.9 Å². The molecule has 1 heterocycles. The number of nitrogens with zero attached hydrogens (tertiary/aromatic N) is 1. The highest BCUT2D eigenvalue weighted by Gasteiger charge is 2.06. The van der Waals surface area contributed by atoms with Gasteiger partial charge in [0, 0.05) is 12.4 Å². The van der Waals surface area contributed by atoms with Crippen LogP contribution in [0.5, 0.6) is 0 Å². The number of rotatable bonds is 1. The minimum atomic E-state index is -3.67. The van der Waals surface area contributed by atoms with Crippen molar-refractivity contribution in [2.45, 2.75) is 0 Å². The van der Waals surface area contributed by atoms with Crippen molar-refractivity contribution in [3.05, 3.63) is 36.7 Å². The molecule has 1 rings (SSSR count). The van der Waals surface area contributed by atoms with E-state index < -0.39 is 7.54 Å². The molecule has 0 aromatic carbocycles. The maximum absolute atomic E-state index is 9.67. The Morgan fingerprint density at radius 1 is 1.25 bits per heavy atom. The number of pyridine rings is 1. The second kappa shape index (κ2) is 6.45. The Kier molecular flexibility index (Phi) is 5.78. The van der Waals surface area contributed by atoms with Gasteiger partial charge in [0.2, 0.25) is 0 Å². The zero-order chi connectivity index (χ0) is 9.40. The molecular weight excluding hydrogens is 166 g/mol. The first-order chi connectivity index (χ1) is 5.66. The molecule has 0 amide bonds. The molecule has 0 saturated heterocycles. The molecule has 5 heteroatoms. The summed E-state index contributed by atoms with van der Waals surface area (Å²) < 4.78 is 29.0. The van der Waals surface area contributed by atoms with Gasteiger partial charge in [0.15, 0.2) is 0 Å². The first kappa shape index (κ1) is 10.7. The Hall–Kier alpha value is -1.26. The zero-order valence-electron chi connectivity index (χ0n) is 6.25. The second-order valence-electron chi connectivity index (χ2n) is 1.73. The summed E-state index contributed by atoms with van der Waals surface area (Å²) in [6.45, 7) is 3.60. The number of hydrogen-bond acceptors (Lipinski definition) is 1. The normalized spacial score (nSPS) is 7.92. The van der Waals surface area contributed by atoms with E-state index in [0.717, 1.165) is 5.56 Å². The van der Waals surface area contributed by atoms with Gasteiger partial charge >= 0.3 is 7.54 Å². The third-order valence-corrected chi connectivity index (χ3v) is 0.942. The molecule has 0 radical (unpaired) electrons. The molecule has 0 fully saturated rings. The van der Waals surface area contributed by atoms with Crippen LogP contribution in [-0.4, -0.2) is 12.5 Å². The highest BCUT2D eigenvalue weighted by Crippen LogP contribution is 1.94. The fourth-order valence-electron chi connectivity index (χ4n) is 0.500. The molecule has 64 valence electrons. The van der Waals surface area contributed by atoms with Crippen LogP contribution in [0, 0.1) is 0 Å². The summed E-state index contributed by atoms with van der Waals surface area (Å²) in [4.78, 5) is 3.85. The van der Waals surface area contributed by atoms with Gasteiger partial charge in [-0.3, -0.25) is 17.9 Å². The Morgan fingerprint density at radius 2 is 1.67 bits per heavy atom. The van der Waals surface area contributed by atoms with Gasteiger partial charge in [-0.15, -0.1) is 0 Å². The molecule has 1 aromatic rings. The van der Waals surface area contributed by atoms with E-state index >= 15 is 0 Å². The van der Waals surface area contributed by atoms with Crippen LogP contribution in [0.4, 0.5) is 12.9 Å². The lowest BCUT2D eigenvalue weighted by Gasteiger charge is -1.84. The predicted octanol–water partition coefficient (Wildman–Crippen LogP) is 2.60. The summed E-state index contributed by atoms with van der Waals surface area (Å²) in [6, 6.07) is 3.82. The zero-order valence-corrected chi connectivity index (χ0v) is 6.25. The third-order valence-electron chi connectivity index (χ3n) is 0.942. The summed E-state index contributed by atoms with van der Waals surface area (Å²) in [5.41, 5.74) is 1.11. The number of aromatic nitrogens is 1. The Labute approximate surface area is 69.2 Å². The molecule has 1 nitrogen and oxygen atoms in total. The molecule has 0 atom stereocenters. The summed E-state index contributed by atoms with van der Waals surface area (Å²) in [6.07, 6.45) is 5.29. The lowest BCUT2D eigenvalue weighted by atomic mass is 10.3. The molecule has 0 aliphatic rings. The van der Waals surface area contributed by atoms with Crippen LogP contribution in [-0.2, 0) is 0 Å². The molecule has 1 aromatic heterocycles. The van der Waals surface area contributed by atoms with E-state index in [4.69, 9.17) is 0 Å². The third kappa shape index (κ3) is 6.86. The van der Waals surface area contributed by atoms with Crippen molar-refractivity contribution in [2.75, 3.05) is 0 Å². The van der Waals surface area contributed by atoms with Gasteiger partial charge in [0.1, 0.15) is 0 Å². The van der Waals surface area contributed by atoms with E-state index in [1.807, 2.05) is 12.1 Å². The summed E-state index contributed by atoms with van der Waals surface area (Å²) in [5.74, 6) is 0. The lowest BCUT2D eigenvalue weighted by molar-refractivity contribution is 0.535. The molecular formula is C7H7BF3N. The van der Waals surface area contributed by atoms with Gasteiger partial charge in [-0.05, 0) is 17.7 Å². The molecule has 12 heavy (non-hydrogen) atoms. The summed E-state index contributed by atoms with van der Waals surface area (Å²) in [5, 5.41) is 0. The van der Waals surface area contributed by atoms with Crippen LogP contribution in [0.3, 0.4) is 0 Å². The van der Waals surface area contributed by atoms with E-state index in [2.05, 4.69) is 11.6 Å². The van der Waals surface area contributed by atoms with Crippen LogP contribution in [0.15, 0.2) is 31.1 Å². The van der Waals surface area contributed by atoms with E-state index in [0.29, 0.717) is 0 Å². The highest BCUT2D eigenvalue weighted by atomic mass is 19.4. The monoisotopic (exact) mass is 173 g/mol. The van der Waals surface area contributed by atoms with E-state index in [1.54, 1.807) is 18.5 Å². The fraction of sp³-hybridized carbons (Fsp3) is 0. The Morgan fingerprint density at radius 3 is 1.92 bits per heavy atom. The van der Waals surface area contributed by atoms with Crippen LogP contribution in [0.25, 0.3) is 6.08 Å². The first-order valence-electron chi connectivity index (χ1n) is 3.11. The van der Waals surface area contributed by atoms with Crippen molar-refractivity contribution in [3.63, 3.8) is 0 Å². The molecule has 0 saturated carbocycles. The standard InChI is InChI=1S/C7H7N.BF3/c1-2-7-3-5-8-6-4-7;2-1(3)4/h2-6H,1H2;. The molecule has 0 bridgehead atoms. The molecule has 0 aliphatic heterocycles. The number of halogens is 3. The van der Waals surface area contributed by atoms with Crippen LogP contribution in [0.2, 0.25) is 0 Å². The van der Waals surface area contributed by atoms with Crippen molar-refractivity contribution < 1.29 is 12.9 Å². The maximum Gasteiger partial charge on any atom is 0.762 e. The van der Waals surface area contributed by atoms with Crippen LogP contribution >= 0.6 is 0 Å². The summed E-state index contributed by atoms with van der Waals surface area (Å²) >= 11 is 0. The van der Waals surface area contributed by atoms with Gasteiger partial charge in [-0.2, -0.15) is 0 Å². The second-order valence-corrected chi connectivity index (χ2v) is 1.73. The summed E-state index contributed by atoms with van der Waals surface area (Å²) in [7, 11) is -3.67. The minimum Gasteiger partial charge on any atom is -0.265 e. The van der Waals surface area contributed by atoms with Crippen LogP contribution < -0.4 is 0 Å². The smallest absolute Gasteiger partial charge is 0.265 e. The first-order valence-corrected chi connectivity index (χ1v) is 3.11. The minimum absolute atomic E-state index is 1.11.